The van der Waals surface area contributed by atoms with Crippen LogP contribution < -0.4 is 19.7 Å². The molecule has 3 atom stereocenters. The van der Waals surface area contributed by atoms with Gasteiger partial charge in [0.25, 0.3) is 0 Å². The number of fused-ring (bicyclic) bond motifs is 1. The van der Waals surface area contributed by atoms with Crippen molar-refractivity contribution in [3.05, 3.63) is 53.6 Å². The number of methoxy groups -OCH3 is 1. The van der Waals surface area contributed by atoms with E-state index in [2.05, 4.69) is 52.7 Å². The summed E-state index contributed by atoms with van der Waals surface area (Å²) in [5, 5.41) is 3.52. The summed E-state index contributed by atoms with van der Waals surface area (Å²) in [6.07, 6.45) is 6.26. The lowest BCUT2D eigenvalue weighted by Gasteiger charge is -2.33. The van der Waals surface area contributed by atoms with Crippen LogP contribution in [0.4, 0.5) is 5.69 Å². The molecule has 3 heterocycles. The normalized spacial score (nSPS) is 24.2. The molecule has 2 saturated heterocycles. The van der Waals surface area contributed by atoms with E-state index in [4.69, 9.17) is 18.9 Å². The van der Waals surface area contributed by atoms with E-state index in [1.54, 1.807) is 7.11 Å². The van der Waals surface area contributed by atoms with Crippen molar-refractivity contribution in [3.63, 3.8) is 0 Å². The van der Waals surface area contributed by atoms with Crippen LogP contribution in [0, 0.1) is 5.92 Å². The Morgan fingerprint density at radius 2 is 1.95 bits per heavy atom. The van der Waals surface area contributed by atoms with Crippen molar-refractivity contribution >= 4 is 11.6 Å². The molecule has 222 valence electrons. The van der Waals surface area contributed by atoms with Crippen LogP contribution in [0.2, 0.25) is 0 Å². The molecule has 1 amide bonds. The third-order valence-electron chi connectivity index (χ3n) is 8.92. The SMILES string of the molecule is COCCCN1CCOc2ccc(CO[C@H]3CNCC[C@@H]3c3ccc(O[C@H]4CCN(C(=O)CC5CC5)C4)cc3)cc21. The van der Waals surface area contributed by atoms with Gasteiger partial charge in [-0.2, -0.15) is 0 Å². The van der Waals surface area contributed by atoms with Gasteiger partial charge < -0.3 is 34.1 Å². The molecule has 3 aliphatic heterocycles. The van der Waals surface area contributed by atoms with E-state index in [1.165, 1.54) is 24.0 Å². The first-order valence-corrected chi connectivity index (χ1v) is 15.5. The van der Waals surface area contributed by atoms with E-state index in [9.17, 15) is 4.79 Å². The molecule has 0 radical (unpaired) electrons. The topological polar surface area (TPSA) is 72.5 Å². The van der Waals surface area contributed by atoms with E-state index in [1.807, 2.05) is 4.90 Å². The summed E-state index contributed by atoms with van der Waals surface area (Å²) < 4.78 is 24.0. The van der Waals surface area contributed by atoms with Crippen LogP contribution in [0.1, 0.15) is 55.6 Å². The molecule has 2 aromatic rings. The Hall–Kier alpha value is -2.81. The summed E-state index contributed by atoms with van der Waals surface area (Å²) >= 11 is 0. The highest BCUT2D eigenvalue weighted by molar-refractivity contribution is 5.77. The van der Waals surface area contributed by atoms with Crippen LogP contribution in [0.25, 0.3) is 0 Å². The van der Waals surface area contributed by atoms with Gasteiger partial charge in [0.1, 0.15) is 24.2 Å². The minimum Gasteiger partial charge on any atom is -0.490 e. The summed E-state index contributed by atoms with van der Waals surface area (Å²) in [7, 11) is 1.75. The Kier molecular flexibility index (Phi) is 9.29. The van der Waals surface area contributed by atoms with Gasteiger partial charge in [-0.1, -0.05) is 18.2 Å². The molecule has 0 bridgehead atoms. The van der Waals surface area contributed by atoms with Crippen molar-refractivity contribution in [2.75, 3.05) is 64.5 Å². The van der Waals surface area contributed by atoms with Gasteiger partial charge in [0, 0.05) is 52.1 Å². The van der Waals surface area contributed by atoms with Gasteiger partial charge in [0.2, 0.25) is 5.91 Å². The smallest absolute Gasteiger partial charge is 0.222 e. The summed E-state index contributed by atoms with van der Waals surface area (Å²) in [5.41, 5.74) is 3.61. The summed E-state index contributed by atoms with van der Waals surface area (Å²) in [6.45, 7) is 7.25. The fourth-order valence-electron chi connectivity index (χ4n) is 6.36. The highest BCUT2D eigenvalue weighted by Gasteiger charge is 2.32. The lowest BCUT2D eigenvalue weighted by Crippen LogP contribution is -2.41. The van der Waals surface area contributed by atoms with E-state index >= 15 is 0 Å². The molecule has 6 rings (SSSR count). The van der Waals surface area contributed by atoms with Crippen molar-refractivity contribution in [2.24, 2.45) is 5.92 Å². The lowest BCUT2D eigenvalue weighted by atomic mass is 9.87. The molecular formula is C33H45N3O5. The number of nitrogens with one attached hydrogen (secondary N) is 1. The third-order valence-corrected chi connectivity index (χ3v) is 8.92. The average molecular weight is 564 g/mol. The monoisotopic (exact) mass is 563 g/mol. The summed E-state index contributed by atoms with van der Waals surface area (Å²) in [5.74, 6) is 3.10. The molecule has 41 heavy (non-hydrogen) atoms. The number of benzene rings is 2. The molecule has 0 spiro atoms. The van der Waals surface area contributed by atoms with E-state index in [-0.39, 0.29) is 12.2 Å². The Balaban J connectivity index is 1.03. The highest BCUT2D eigenvalue weighted by Crippen LogP contribution is 2.35. The number of piperidine rings is 1. The molecule has 2 aromatic carbocycles. The van der Waals surface area contributed by atoms with Crippen molar-refractivity contribution in [2.45, 2.75) is 63.3 Å². The van der Waals surface area contributed by atoms with E-state index < -0.39 is 0 Å². The zero-order valence-electron chi connectivity index (χ0n) is 24.4. The maximum atomic E-state index is 12.5. The van der Waals surface area contributed by atoms with Gasteiger partial charge >= 0.3 is 0 Å². The zero-order chi connectivity index (χ0) is 28.0. The predicted molar refractivity (Wildman–Crippen MR) is 159 cm³/mol. The Bertz CT molecular complexity index is 1150. The molecule has 8 heteroatoms. The molecule has 1 N–H and O–H groups in total. The van der Waals surface area contributed by atoms with Gasteiger partial charge in [-0.15, -0.1) is 0 Å². The van der Waals surface area contributed by atoms with Crippen molar-refractivity contribution in [1.82, 2.24) is 10.2 Å². The standard InChI is InChI=1S/C33H45N3O5/c1-38-17-2-14-35-16-18-39-31-10-5-25(19-30(31)35)23-40-32-21-34-13-11-29(32)26-6-8-27(9-7-26)41-28-12-15-36(22-28)33(37)20-24-3-4-24/h5-10,19,24,28-29,32,34H,2-4,11-18,20-23H2,1H3/t28-,29+,32-/m0/s1. The number of carbonyl (C=O) groups is 1. The number of amides is 1. The molecule has 8 nitrogen and oxygen atoms in total. The second-order valence-corrected chi connectivity index (χ2v) is 12.0. The molecule has 0 unspecified atom stereocenters. The average Bonchev–Trinajstić information content (AvgIpc) is 3.70. The van der Waals surface area contributed by atoms with Crippen molar-refractivity contribution in [1.29, 1.82) is 0 Å². The Morgan fingerprint density at radius 3 is 2.78 bits per heavy atom. The minimum atomic E-state index is 0.0804. The van der Waals surface area contributed by atoms with Crippen LogP contribution in [0.3, 0.4) is 0 Å². The van der Waals surface area contributed by atoms with Gasteiger partial charge in [0.05, 0.1) is 31.5 Å². The zero-order valence-corrected chi connectivity index (χ0v) is 24.4. The second kappa shape index (κ2) is 13.4. The number of nitrogens with zero attached hydrogens (tertiary/aromatic N) is 2. The van der Waals surface area contributed by atoms with Crippen LogP contribution >= 0.6 is 0 Å². The molecule has 1 aliphatic carbocycles. The molecule has 1 saturated carbocycles. The third kappa shape index (κ3) is 7.34. The van der Waals surface area contributed by atoms with Crippen LogP contribution in [-0.4, -0.2) is 82.6 Å². The number of likely N-dealkylation sites (tertiary alicyclic amines) is 1. The van der Waals surface area contributed by atoms with E-state index in [0.29, 0.717) is 37.5 Å². The Labute approximate surface area is 244 Å². The van der Waals surface area contributed by atoms with Crippen molar-refractivity contribution in [3.8, 4) is 11.5 Å². The maximum Gasteiger partial charge on any atom is 0.222 e. The summed E-state index contributed by atoms with van der Waals surface area (Å²) in [4.78, 5) is 16.8. The molecule has 4 aliphatic rings. The van der Waals surface area contributed by atoms with Crippen LogP contribution in [0.15, 0.2) is 42.5 Å². The lowest BCUT2D eigenvalue weighted by molar-refractivity contribution is -0.130. The number of anilines is 1. The number of rotatable bonds is 12. The molecule has 0 aromatic heterocycles. The van der Waals surface area contributed by atoms with Gasteiger partial charge in [0.15, 0.2) is 0 Å². The predicted octanol–water partition coefficient (Wildman–Crippen LogP) is 4.36. The van der Waals surface area contributed by atoms with Gasteiger partial charge in [-0.3, -0.25) is 4.79 Å². The first-order chi connectivity index (χ1) is 20.2. The fraction of sp³-hybridized carbons (Fsp3) is 0.606. The van der Waals surface area contributed by atoms with Crippen LogP contribution in [-0.2, 0) is 20.9 Å². The maximum absolute atomic E-state index is 12.5. The fourth-order valence-corrected chi connectivity index (χ4v) is 6.36. The number of carbonyl (C=O) groups excluding carboxylic acids is 1. The first kappa shape index (κ1) is 28.3. The quantitative estimate of drug-likeness (QED) is 0.385. The second-order valence-electron chi connectivity index (χ2n) is 12.0. The number of hydrogen-bond donors (Lipinski definition) is 1. The summed E-state index contributed by atoms with van der Waals surface area (Å²) in [6, 6.07) is 15.0. The van der Waals surface area contributed by atoms with E-state index in [0.717, 1.165) is 82.2 Å². The number of ether oxygens (including phenoxy) is 4. The molecule has 3 fully saturated rings. The number of hydrogen-bond acceptors (Lipinski definition) is 7. The van der Waals surface area contributed by atoms with Gasteiger partial charge in [-0.25, -0.2) is 0 Å². The minimum absolute atomic E-state index is 0.0804. The Morgan fingerprint density at radius 1 is 1.07 bits per heavy atom. The highest BCUT2D eigenvalue weighted by atomic mass is 16.5. The molecular weight excluding hydrogens is 518 g/mol. The van der Waals surface area contributed by atoms with Gasteiger partial charge in [-0.05, 0) is 73.5 Å². The van der Waals surface area contributed by atoms with Crippen molar-refractivity contribution < 1.29 is 23.7 Å². The first-order valence-electron chi connectivity index (χ1n) is 15.5. The largest absolute Gasteiger partial charge is 0.490 e. The van der Waals surface area contributed by atoms with Crippen LogP contribution in [0.5, 0.6) is 11.5 Å².